The minimum Gasteiger partial charge on any atom is -0.328 e. The molecular weight excluding hydrogens is 212 g/mol. The highest BCUT2D eigenvalue weighted by atomic mass is 15.3. The second-order valence-electron chi connectivity index (χ2n) is 5.47. The Hall–Kier alpha value is -0.870. The average Bonchev–Trinajstić information content (AvgIpc) is 2.94. The molecule has 4 nitrogen and oxygen atoms in total. The number of hydrogen-bond acceptors (Lipinski definition) is 3. The summed E-state index contributed by atoms with van der Waals surface area (Å²) in [4.78, 5) is 6.94. The van der Waals surface area contributed by atoms with Crippen LogP contribution in [0.5, 0.6) is 0 Å². The Morgan fingerprint density at radius 1 is 1.29 bits per heavy atom. The van der Waals surface area contributed by atoms with E-state index in [1.165, 1.54) is 44.5 Å². The molecule has 0 radical (unpaired) electrons. The topological polar surface area (TPSA) is 47.1 Å². The van der Waals surface area contributed by atoms with Crippen molar-refractivity contribution in [3.05, 3.63) is 18.2 Å². The second kappa shape index (κ2) is 4.42. The zero-order valence-electron chi connectivity index (χ0n) is 10.5. The molecule has 3 atom stereocenters. The summed E-state index contributed by atoms with van der Waals surface area (Å²) in [6, 6.07) is 1.39. The molecule has 2 unspecified atom stereocenters. The number of nitrogens with two attached hydrogens (primary N) is 1. The molecule has 0 spiro atoms. The van der Waals surface area contributed by atoms with Crippen LogP contribution in [-0.4, -0.2) is 33.6 Å². The summed E-state index contributed by atoms with van der Waals surface area (Å²) in [5.74, 6) is 0. The van der Waals surface area contributed by atoms with Crippen molar-refractivity contribution in [1.82, 2.24) is 14.5 Å². The highest BCUT2D eigenvalue weighted by Crippen LogP contribution is 2.36. The minimum absolute atomic E-state index is 0.0788. The minimum atomic E-state index is 0.0788. The van der Waals surface area contributed by atoms with Gasteiger partial charge in [0.1, 0.15) is 0 Å². The number of piperidine rings is 1. The molecule has 2 aliphatic rings. The van der Waals surface area contributed by atoms with Crippen molar-refractivity contribution < 1.29 is 0 Å². The van der Waals surface area contributed by atoms with Crippen LogP contribution in [0, 0.1) is 0 Å². The molecule has 1 aromatic rings. The van der Waals surface area contributed by atoms with Crippen LogP contribution in [0.15, 0.2) is 12.5 Å². The van der Waals surface area contributed by atoms with Crippen molar-refractivity contribution in [3.63, 3.8) is 0 Å². The summed E-state index contributed by atoms with van der Waals surface area (Å²) < 4.78 is 2.33. The van der Waals surface area contributed by atoms with Gasteiger partial charge in [-0.25, -0.2) is 4.98 Å². The molecule has 2 saturated heterocycles. The standard InChI is InChI=1S/C13H22N4/c1-10(14)13-8-15-9-17(13)12-5-7-16-6-3-2-4-11(12)16/h8-12H,2-7,14H2,1H3/t10-,11?,12?/m0/s1. The zero-order valence-corrected chi connectivity index (χ0v) is 10.5. The van der Waals surface area contributed by atoms with E-state index in [1.807, 2.05) is 19.4 Å². The molecule has 0 aromatic carbocycles. The summed E-state index contributed by atoms with van der Waals surface area (Å²) in [6.07, 6.45) is 9.23. The number of nitrogens with zero attached hydrogens (tertiary/aromatic N) is 3. The summed E-state index contributed by atoms with van der Waals surface area (Å²) in [7, 11) is 0. The molecule has 0 bridgehead atoms. The largest absolute Gasteiger partial charge is 0.328 e. The van der Waals surface area contributed by atoms with Gasteiger partial charge in [-0.2, -0.15) is 0 Å². The third kappa shape index (κ3) is 1.89. The predicted molar refractivity (Wildman–Crippen MR) is 67.7 cm³/mol. The zero-order chi connectivity index (χ0) is 11.8. The third-order valence-corrected chi connectivity index (χ3v) is 4.34. The van der Waals surface area contributed by atoms with Gasteiger partial charge in [-0.1, -0.05) is 6.42 Å². The van der Waals surface area contributed by atoms with Gasteiger partial charge in [0.2, 0.25) is 0 Å². The first-order valence-corrected chi connectivity index (χ1v) is 6.78. The third-order valence-electron chi connectivity index (χ3n) is 4.34. The van der Waals surface area contributed by atoms with Gasteiger partial charge >= 0.3 is 0 Å². The lowest BCUT2D eigenvalue weighted by Crippen LogP contribution is -2.38. The number of rotatable bonds is 2. The second-order valence-corrected chi connectivity index (χ2v) is 5.47. The highest BCUT2D eigenvalue weighted by Gasteiger charge is 2.37. The summed E-state index contributed by atoms with van der Waals surface area (Å²) in [6.45, 7) is 4.57. The van der Waals surface area contributed by atoms with Crippen molar-refractivity contribution in [2.75, 3.05) is 13.1 Å². The lowest BCUT2D eigenvalue weighted by molar-refractivity contribution is 0.172. The number of imidazole rings is 1. The fourth-order valence-electron chi connectivity index (χ4n) is 3.49. The molecule has 4 heteroatoms. The molecular formula is C13H22N4. The first-order chi connectivity index (χ1) is 8.27. The van der Waals surface area contributed by atoms with E-state index in [9.17, 15) is 0 Å². The molecule has 0 amide bonds. The van der Waals surface area contributed by atoms with Gasteiger partial charge in [-0.15, -0.1) is 0 Å². The van der Waals surface area contributed by atoms with Gasteiger partial charge < -0.3 is 10.3 Å². The SMILES string of the molecule is C[C@H](N)c1cncn1C1CCN2CCCCC12. The number of fused-ring (bicyclic) bond motifs is 1. The molecule has 0 saturated carbocycles. The van der Waals surface area contributed by atoms with Gasteiger partial charge in [0.25, 0.3) is 0 Å². The molecule has 17 heavy (non-hydrogen) atoms. The first-order valence-electron chi connectivity index (χ1n) is 6.78. The van der Waals surface area contributed by atoms with Crippen LogP contribution >= 0.6 is 0 Å². The van der Waals surface area contributed by atoms with Crippen LogP contribution in [-0.2, 0) is 0 Å². The fourth-order valence-corrected chi connectivity index (χ4v) is 3.49. The molecule has 3 rings (SSSR count). The Labute approximate surface area is 103 Å². The van der Waals surface area contributed by atoms with E-state index >= 15 is 0 Å². The lowest BCUT2D eigenvalue weighted by atomic mass is 9.98. The lowest BCUT2D eigenvalue weighted by Gasteiger charge is -2.33. The summed E-state index contributed by atoms with van der Waals surface area (Å²) >= 11 is 0. The van der Waals surface area contributed by atoms with E-state index in [-0.39, 0.29) is 6.04 Å². The summed E-state index contributed by atoms with van der Waals surface area (Å²) in [5, 5.41) is 0. The molecule has 0 aliphatic carbocycles. The van der Waals surface area contributed by atoms with Crippen molar-refractivity contribution >= 4 is 0 Å². The van der Waals surface area contributed by atoms with Gasteiger partial charge in [0, 0.05) is 24.8 Å². The van der Waals surface area contributed by atoms with Gasteiger partial charge in [0.05, 0.1) is 18.1 Å². The molecule has 2 fully saturated rings. The van der Waals surface area contributed by atoms with E-state index in [0.717, 1.165) is 6.04 Å². The van der Waals surface area contributed by atoms with Crippen LogP contribution in [0.1, 0.15) is 50.4 Å². The molecule has 3 heterocycles. The van der Waals surface area contributed by atoms with E-state index in [1.54, 1.807) is 0 Å². The van der Waals surface area contributed by atoms with Crippen LogP contribution in [0.2, 0.25) is 0 Å². The van der Waals surface area contributed by atoms with Crippen molar-refractivity contribution in [1.29, 1.82) is 0 Å². The van der Waals surface area contributed by atoms with Crippen molar-refractivity contribution in [2.24, 2.45) is 5.73 Å². The van der Waals surface area contributed by atoms with E-state index < -0.39 is 0 Å². The Morgan fingerprint density at radius 2 is 2.18 bits per heavy atom. The van der Waals surface area contributed by atoms with Crippen LogP contribution in [0.25, 0.3) is 0 Å². The van der Waals surface area contributed by atoms with Crippen LogP contribution < -0.4 is 5.73 Å². The Kier molecular flexibility index (Phi) is 2.92. The Bertz CT molecular complexity index is 385. The molecule has 1 aromatic heterocycles. The van der Waals surface area contributed by atoms with Crippen molar-refractivity contribution in [2.45, 2.75) is 50.7 Å². The highest BCUT2D eigenvalue weighted by molar-refractivity contribution is 5.08. The van der Waals surface area contributed by atoms with E-state index in [2.05, 4.69) is 14.5 Å². The molecule has 2 N–H and O–H groups in total. The van der Waals surface area contributed by atoms with Crippen molar-refractivity contribution in [3.8, 4) is 0 Å². The molecule has 94 valence electrons. The van der Waals surface area contributed by atoms with Gasteiger partial charge in [-0.05, 0) is 32.7 Å². The fraction of sp³-hybridized carbons (Fsp3) is 0.769. The maximum absolute atomic E-state index is 6.02. The summed E-state index contributed by atoms with van der Waals surface area (Å²) in [5.41, 5.74) is 7.20. The number of aromatic nitrogens is 2. The molecule has 2 aliphatic heterocycles. The van der Waals surface area contributed by atoms with E-state index in [4.69, 9.17) is 5.73 Å². The Balaban J connectivity index is 1.86. The van der Waals surface area contributed by atoms with Crippen LogP contribution in [0.4, 0.5) is 0 Å². The number of hydrogen-bond donors (Lipinski definition) is 1. The maximum Gasteiger partial charge on any atom is 0.0951 e. The van der Waals surface area contributed by atoms with Gasteiger partial charge in [0.15, 0.2) is 0 Å². The predicted octanol–water partition coefficient (Wildman–Crippen LogP) is 1.70. The van der Waals surface area contributed by atoms with E-state index in [0.29, 0.717) is 6.04 Å². The van der Waals surface area contributed by atoms with Crippen LogP contribution in [0.3, 0.4) is 0 Å². The van der Waals surface area contributed by atoms with Gasteiger partial charge in [-0.3, -0.25) is 4.90 Å². The normalized spacial score (nSPS) is 31.4. The quantitative estimate of drug-likeness (QED) is 0.847. The maximum atomic E-state index is 6.02. The monoisotopic (exact) mass is 234 g/mol. The Morgan fingerprint density at radius 3 is 3.00 bits per heavy atom. The first kappa shape index (κ1) is 11.2. The average molecular weight is 234 g/mol. The smallest absolute Gasteiger partial charge is 0.0951 e.